The van der Waals surface area contributed by atoms with Crippen LogP contribution >= 0.6 is 0 Å². The third kappa shape index (κ3) is 5.51. The number of hydrogen-bond donors (Lipinski definition) is 1. The number of carbonyl (C=O) groups excluding carboxylic acids is 1. The zero-order valence-corrected chi connectivity index (χ0v) is 18.6. The van der Waals surface area contributed by atoms with Crippen molar-refractivity contribution >= 4 is 17.3 Å². The summed E-state index contributed by atoms with van der Waals surface area (Å²) in [7, 11) is 0. The highest BCUT2D eigenvalue weighted by Crippen LogP contribution is 2.31. The lowest BCUT2D eigenvalue weighted by atomic mass is 9.94. The average Bonchev–Trinajstić information content (AvgIpc) is 2.88. The van der Waals surface area contributed by atoms with Crippen molar-refractivity contribution < 1.29 is 18.8 Å². The molecule has 3 aromatic rings. The van der Waals surface area contributed by atoms with Crippen LogP contribution in [0.3, 0.4) is 0 Å². The Morgan fingerprint density at radius 2 is 1.68 bits per heavy atom. The van der Waals surface area contributed by atoms with Crippen molar-refractivity contribution in [1.82, 2.24) is 5.32 Å². The molecule has 3 aromatic carbocycles. The van der Waals surface area contributed by atoms with E-state index in [0.29, 0.717) is 31.6 Å². The molecule has 0 spiro atoms. The second-order valence-corrected chi connectivity index (χ2v) is 8.22. The first-order chi connectivity index (χ1) is 16.5. The van der Waals surface area contributed by atoms with Gasteiger partial charge in [0.15, 0.2) is 11.6 Å². The second kappa shape index (κ2) is 10.8. The molecule has 1 heterocycles. The highest BCUT2D eigenvalue weighted by Gasteiger charge is 2.29. The summed E-state index contributed by atoms with van der Waals surface area (Å²) in [5, 5.41) is 14.4. The maximum Gasteiger partial charge on any atom is 0.292 e. The smallest absolute Gasteiger partial charge is 0.292 e. The Balaban J connectivity index is 1.40. The summed E-state index contributed by atoms with van der Waals surface area (Å²) in [6.07, 6.45) is 1.15. The van der Waals surface area contributed by atoms with Crippen LogP contribution in [0.5, 0.6) is 5.75 Å². The zero-order valence-electron chi connectivity index (χ0n) is 18.6. The van der Waals surface area contributed by atoms with E-state index in [2.05, 4.69) is 5.32 Å². The van der Waals surface area contributed by atoms with Crippen LogP contribution in [0.1, 0.15) is 24.4 Å². The van der Waals surface area contributed by atoms with Crippen LogP contribution < -0.4 is 15.0 Å². The van der Waals surface area contributed by atoms with Gasteiger partial charge in [0.05, 0.1) is 11.0 Å². The number of amides is 1. The molecule has 1 aliphatic rings. The van der Waals surface area contributed by atoms with Gasteiger partial charge in [0.1, 0.15) is 12.3 Å². The number of benzene rings is 3. The maximum absolute atomic E-state index is 14.0. The van der Waals surface area contributed by atoms with E-state index in [0.717, 1.165) is 5.56 Å². The molecular weight excluding hydrogens is 437 g/mol. The fourth-order valence-electron chi connectivity index (χ4n) is 4.20. The molecule has 0 radical (unpaired) electrons. The summed E-state index contributed by atoms with van der Waals surface area (Å²) in [6, 6.07) is 21.8. The molecule has 0 saturated carbocycles. The van der Waals surface area contributed by atoms with Crippen LogP contribution in [-0.2, 0) is 4.79 Å². The van der Waals surface area contributed by atoms with Gasteiger partial charge in [-0.3, -0.25) is 14.9 Å². The molecule has 7 nitrogen and oxygen atoms in total. The topological polar surface area (TPSA) is 84.7 Å². The van der Waals surface area contributed by atoms with E-state index in [1.165, 1.54) is 12.1 Å². The van der Waals surface area contributed by atoms with E-state index in [9.17, 15) is 19.3 Å². The van der Waals surface area contributed by atoms with Crippen molar-refractivity contribution in [2.45, 2.75) is 18.9 Å². The molecule has 1 aliphatic heterocycles. The number of hydrogen-bond acceptors (Lipinski definition) is 5. The fourth-order valence-corrected chi connectivity index (χ4v) is 4.20. The third-order valence-electron chi connectivity index (χ3n) is 6.05. The van der Waals surface area contributed by atoms with Gasteiger partial charge in [-0.15, -0.1) is 0 Å². The minimum atomic E-state index is -0.456. The number of nitrogens with zero attached hydrogens (tertiary/aromatic N) is 2. The van der Waals surface area contributed by atoms with Crippen molar-refractivity contribution in [3.05, 3.63) is 100 Å². The lowest BCUT2D eigenvalue weighted by molar-refractivity contribution is -0.384. The number of halogens is 1. The standard InChI is InChI=1S/C26H26FN3O4/c27-21-10-4-7-13-25(21)34-18-22(19-8-2-1-3-9-19)28-26(31)20-14-16-29(17-15-20)23-11-5-6-12-24(23)30(32)33/h1-13,20,22H,14-18H2,(H,28,31). The summed E-state index contributed by atoms with van der Waals surface area (Å²) >= 11 is 0. The zero-order chi connectivity index (χ0) is 23.9. The largest absolute Gasteiger partial charge is 0.488 e. The Morgan fingerprint density at radius 3 is 2.38 bits per heavy atom. The van der Waals surface area contributed by atoms with Crippen LogP contribution in [0, 0.1) is 21.8 Å². The molecule has 1 unspecified atom stereocenters. The monoisotopic (exact) mass is 463 g/mol. The first kappa shape index (κ1) is 23.2. The number of nitro benzene ring substituents is 1. The molecule has 0 aliphatic carbocycles. The molecule has 176 valence electrons. The first-order valence-electron chi connectivity index (χ1n) is 11.2. The molecule has 1 N–H and O–H groups in total. The van der Waals surface area contributed by atoms with Gasteiger partial charge in [0, 0.05) is 25.1 Å². The van der Waals surface area contributed by atoms with Crippen LogP contribution in [0.15, 0.2) is 78.9 Å². The molecule has 0 aromatic heterocycles. The van der Waals surface area contributed by atoms with Gasteiger partial charge >= 0.3 is 0 Å². The van der Waals surface area contributed by atoms with E-state index in [1.807, 2.05) is 35.2 Å². The average molecular weight is 464 g/mol. The van der Waals surface area contributed by atoms with Crippen LogP contribution in [0.4, 0.5) is 15.8 Å². The number of piperidine rings is 1. The minimum Gasteiger partial charge on any atom is -0.488 e. The molecular formula is C26H26FN3O4. The van der Waals surface area contributed by atoms with Gasteiger partial charge in [-0.25, -0.2) is 4.39 Å². The number of nitro groups is 1. The third-order valence-corrected chi connectivity index (χ3v) is 6.05. The number of carbonyl (C=O) groups is 1. The van der Waals surface area contributed by atoms with Gasteiger partial charge in [-0.1, -0.05) is 54.6 Å². The van der Waals surface area contributed by atoms with Crippen molar-refractivity contribution in [2.75, 3.05) is 24.6 Å². The fraction of sp³-hybridized carbons (Fsp3) is 0.269. The number of para-hydroxylation sites is 3. The Morgan fingerprint density at radius 1 is 1.03 bits per heavy atom. The Labute approximate surface area is 197 Å². The Kier molecular flexibility index (Phi) is 7.37. The summed E-state index contributed by atoms with van der Waals surface area (Å²) in [5.74, 6) is -0.648. The lowest BCUT2D eigenvalue weighted by Gasteiger charge is -2.33. The lowest BCUT2D eigenvalue weighted by Crippen LogP contribution is -2.42. The number of anilines is 1. The normalized spacial score (nSPS) is 14.9. The van der Waals surface area contributed by atoms with Crippen LogP contribution in [0.25, 0.3) is 0 Å². The Bertz CT molecular complexity index is 1130. The predicted octanol–water partition coefficient (Wildman–Crippen LogP) is 4.89. The van der Waals surface area contributed by atoms with Crippen molar-refractivity contribution in [3.63, 3.8) is 0 Å². The second-order valence-electron chi connectivity index (χ2n) is 8.22. The van der Waals surface area contributed by atoms with Gasteiger partial charge < -0.3 is 15.0 Å². The van der Waals surface area contributed by atoms with Crippen LogP contribution in [-0.4, -0.2) is 30.5 Å². The molecule has 4 rings (SSSR count). The van der Waals surface area contributed by atoms with E-state index < -0.39 is 11.9 Å². The molecule has 34 heavy (non-hydrogen) atoms. The molecule has 1 saturated heterocycles. The van der Waals surface area contributed by atoms with Crippen molar-refractivity contribution in [3.8, 4) is 5.75 Å². The van der Waals surface area contributed by atoms with Gasteiger partial charge in [-0.2, -0.15) is 0 Å². The van der Waals surface area contributed by atoms with Gasteiger partial charge in [0.25, 0.3) is 5.69 Å². The highest BCUT2D eigenvalue weighted by molar-refractivity contribution is 5.79. The SMILES string of the molecule is O=C(NC(COc1ccccc1F)c1ccccc1)C1CCN(c2ccccc2[N+](=O)[O-])CC1. The van der Waals surface area contributed by atoms with Crippen molar-refractivity contribution in [1.29, 1.82) is 0 Å². The molecule has 1 fully saturated rings. The van der Waals surface area contributed by atoms with Crippen molar-refractivity contribution in [2.24, 2.45) is 5.92 Å². The quantitative estimate of drug-likeness (QED) is 0.380. The first-order valence-corrected chi connectivity index (χ1v) is 11.2. The maximum atomic E-state index is 14.0. The molecule has 1 atom stereocenters. The predicted molar refractivity (Wildman–Crippen MR) is 127 cm³/mol. The molecule has 0 bridgehead atoms. The minimum absolute atomic E-state index is 0.0693. The van der Waals surface area contributed by atoms with E-state index in [4.69, 9.17) is 4.74 Å². The summed E-state index contributed by atoms with van der Waals surface area (Å²) in [4.78, 5) is 26.0. The molecule has 1 amide bonds. The molecule has 8 heteroatoms. The van der Waals surface area contributed by atoms with E-state index in [-0.39, 0.29) is 34.8 Å². The van der Waals surface area contributed by atoms with Crippen LogP contribution in [0.2, 0.25) is 0 Å². The number of nitrogens with one attached hydrogen (secondary N) is 1. The van der Waals surface area contributed by atoms with Gasteiger partial charge in [-0.05, 0) is 36.6 Å². The van der Waals surface area contributed by atoms with Gasteiger partial charge in [0.2, 0.25) is 5.91 Å². The summed E-state index contributed by atoms with van der Waals surface area (Å²) in [5.41, 5.74) is 1.51. The number of ether oxygens (including phenoxy) is 1. The summed E-state index contributed by atoms with van der Waals surface area (Å²) in [6.45, 7) is 1.18. The number of rotatable bonds is 8. The van der Waals surface area contributed by atoms with E-state index >= 15 is 0 Å². The summed E-state index contributed by atoms with van der Waals surface area (Å²) < 4.78 is 19.7. The van der Waals surface area contributed by atoms with E-state index in [1.54, 1.807) is 36.4 Å². The Hall–Kier alpha value is -3.94. The highest BCUT2D eigenvalue weighted by atomic mass is 19.1.